The second kappa shape index (κ2) is 24.7. The molecule has 2 heterocycles. The van der Waals surface area contributed by atoms with Crippen molar-refractivity contribution in [3.63, 3.8) is 0 Å². The molecule has 1 aliphatic heterocycles. The number of primary amides is 1. The van der Waals surface area contributed by atoms with E-state index in [9.17, 15) is 63.3 Å². The van der Waals surface area contributed by atoms with Gasteiger partial charge in [0, 0.05) is 37.6 Å². The van der Waals surface area contributed by atoms with Crippen molar-refractivity contribution in [2.24, 2.45) is 17.6 Å². The van der Waals surface area contributed by atoms with E-state index in [0.29, 0.717) is 31.5 Å². The molecule has 1 aliphatic rings. The summed E-state index contributed by atoms with van der Waals surface area (Å²) in [6, 6.07) is -9.27. The van der Waals surface area contributed by atoms with E-state index in [-0.39, 0.29) is 25.7 Å². The molecule has 1 aromatic heterocycles. The van der Waals surface area contributed by atoms with E-state index < -0.39 is 133 Å². The molecule has 1 aromatic rings. The first kappa shape index (κ1) is 50.0. The van der Waals surface area contributed by atoms with Crippen molar-refractivity contribution in [3.8, 4) is 0 Å². The first-order chi connectivity index (χ1) is 28.2. The van der Waals surface area contributed by atoms with Gasteiger partial charge in [-0.1, -0.05) is 34.1 Å². The molecule has 0 saturated carbocycles. The maximum Gasteiger partial charge on any atom is 0.326 e. The molecule has 334 valence electrons. The lowest BCUT2D eigenvalue weighted by Gasteiger charge is -2.30. The van der Waals surface area contributed by atoms with Crippen molar-refractivity contribution < 1.29 is 63.3 Å². The molecule has 60 heavy (non-hydrogen) atoms. The van der Waals surface area contributed by atoms with Crippen LogP contribution >= 0.6 is 0 Å². The lowest BCUT2D eigenvalue weighted by atomic mass is 9.95. The normalized spacial score (nSPS) is 17.1. The number of aliphatic carboxylic acids is 3. The van der Waals surface area contributed by atoms with Crippen LogP contribution in [-0.4, -0.2) is 133 Å². The molecule has 1 fully saturated rings. The summed E-state index contributed by atoms with van der Waals surface area (Å²) < 4.78 is 0. The zero-order valence-corrected chi connectivity index (χ0v) is 34.1. The minimum absolute atomic E-state index is 0.188. The molecule has 0 bridgehead atoms. The Morgan fingerprint density at radius 2 is 1.22 bits per heavy atom. The summed E-state index contributed by atoms with van der Waals surface area (Å²) in [4.78, 5) is 134. The molecule has 1 saturated heterocycles. The van der Waals surface area contributed by atoms with E-state index in [1.807, 2.05) is 0 Å². The number of nitrogens with zero attached hydrogens (tertiary/aromatic N) is 1. The Morgan fingerprint density at radius 3 is 1.68 bits per heavy atom. The summed E-state index contributed by atoms with van der Waals surface area (Å²) in [6.45, 7) is 7.03. The molecule has 23 nitrogen and oxygen atoms in total. The number of aromatic nitrogens is 2. The molecule has 7 amide bonds. The van der Waals surface area contributed by atoms with Crippen molar-refractivity contribution in [1.82, 2.24) is 47.2 Å². The van der Waals surface area contributed by atoms with Gasteiger partial charge in [-0.2, -0.15) is 0 Å². The molecule has 2 rings (SSSR count). The number of amides is 7. The highest BCUT2D eigenvalue weighted by atomic mass is 16.4. The van der Waals surface area contributed by atoms with Crippen molar-refractivity contribution in [3.05, 3.63) is 18.2 Å². The van der Waals surface area contributed by atoms with E-state index >= 15 is 0 Å². The first-order valence-electron chi connectivity index (χ1n) is 19.7. The number of hydrogen-bond acceptors (Lipinski definition) is 12. The monoisotopic (exact) mass is 850 g/mol. The zero-order chi connectivity index (χ0) is 45.1. The number of nitrogens with one attached hydrogen (secondary N) is 8. The number of nitrogens with two attached hydrogens (primary N) is 1. The summed E-state index contributed by atoms with van der Waals surface area (Å²) in [5, 5.41) is 46.2. The molecule has 0 aromatic carbocycles. The van der Waals surface area contributed by atoms with Crippen molar-refractivity contribution in [2.75, 3.05) is 6.54 Å². The minimum Gasteiger partial charge on any atom is -0.481 e. The second-order valence-corrected chi connectivity index (χ2v) is 15.0. The highest BCUT2D eigenvalue weighted by Gasteiger charge is 2.36. The molecule has 8 atom stereocenters. The van der Waals surface area contributed by atoms with Crippen molar-refractivity contribution in [1.29, 1.82) is 0 Å². The van der Waals surface area contributed by atoms with Crippen LogP contribution in [0.1, 0.15) is 91.2 Å². The molecule has 0 radical (unpaired) electrons. The summed E-state index contributed by atoms with van der Waals surface area (Å²) in [6.07, 6.45) is 1.37. The van der Waals surface area contributed by atoms with Crippen LogP contribution in [0.25, 0.3) is 0 Å². The minimum atomic E-state index is -1.57. The van der Waals surface area contributed by atoms with Gasteiger partial charge >= 0.3 is 17.9 Å². The molecular formula is C37H58N10O13. The van der Waals surface area contributed by atoms with Gasteiger partial charge in [-0.3, -0.25) is 43.2 Å². The topological polar surface area (TPSA) is 370 Å². The second-order valence-electron chi connectivity index (χ2n) is 15.0. The lowest BCUT2D eigenvalue weighted by Crippen LogP contribution is -2.61. The highest BCUT2D eigenvalue weighted by molar-refractivity contribution is 5.97. The van der Waals surface area contributed by atoms with Gasteiger partial charge in [0.25, 0.3) is 0 Å². The maximum atomic E-state index is 13.9. The number of carbonyl (C=O) groups excluding carboxylic acids is 7. The van der Waals surface area contributed by atoms with Gasteiger partial charge in [0.2, 0.25) is 41.4 Å². The summed E-state index contributed by atoms with van der Waals surface area (Å²) >= 11 is 0. The molecule has 0 spiro atoms. The largest absolute Gasteiger partial charge is 0.481 e. The van der Waals surface area contributed by atoms with E-state index in [1.54, 1.807) is 27.7 Å². The van der Waals surface area contributed by atoms with Crippen LogP contribution in [0.3, 0.4) is 0 Å². The number of carbonyl (C=O) groups is 10. The third kappa shape index (κ3) is 17.0. The molecule has 13 N–H and O–H groups in total. The van der Waals surface area contributed by atoms with E-state index in [1.165, 1.54) is 12.5 Å². The SMILES string of the molecule is CC[C@H](C)[C@H](NC(=O)[C@@H](NC(=O)[C@H](CCC(=O)O)NC(=O)[C@H](CCC(=O)O)NC(=O)[C@@H]1CCCN1)C(C)C)C(=O)N[C@@H](CCC(N)=O)C(=O)N[C@@H](Cc1cnc[nH]1)C(=O)O. The fourth-order valence-electron chi connectivity index (χ4n) is 6.17. The fraction of sp³-hybridized carbons (Fsp3) is 0.649. The van der Waals surface area contributed by atoms with Crippen molar-refractivity contribution >= 4 is 59.3 Å². The average Bonchev–Trinajstić information content (AvgIpc) is 3.92. The zero-order valence-electron chi connectivity index (χ0n) is 34.1. The quantitative estimate of drug-likeness (QED) is 0.0432. The predicted molar refractivity (Wildman–Crippen MR) is 209 cm³/mol. The Labute approximate surface area is 345 Å². The van der Waals surface area contributed by atoms with Crippen LogP contribution in [0.4, 0.5) is 0 Å². The number of aromatic amines is 1. The fourth-order valence-corrected chi connectivity index (χ4v) is 6.17. The number of carboxylic acids is 3. The highest BCUT2D eigenvalue weighted by Crippen LogP contribution is 2.13. The average molecular weight is 851 g/mol. The lowest BCUT2D eigenvalue weighted by molar-refractivity contribution is -0.142. The number of hydrogen-bond donors (Lipinski definition) is 12. The summed E-state index contributed by atoms with van der Waals surface area (Å²) in [7, 11) is 0. The number of H-pyrrole nitrogens is 1. The van der Waals surface area contributed by atoms with E-state index in [4.69, 9.17) is 5.73 Å². The van der Waals surface area contributed by atoms with Crippen LogP contribution in [0.15, 0.2) is 12.5 Å². The third-order valence-electron chi connectivity index (χ3n) is 9.88. The van der Waals surface area contributed by atoms with Crippen LogP contribution in [0.5, 0.6) is 0 Å². The predicted octanol–water partition coefficient (Wildman–Crippen LogP) is -2.61. The van der Waals surface area contributed by atoms with Gasteiger partial charge in [0.15, 0.2) is 0 Å². The van der Waals surface area contributed by atoms with E-state index in [2.05, 4.69) is 47.2 Å². The van der Waals surface area contributed by atoms with Gasteiger partial charge in [-0.25, -0.2) is 9.78 Å². The molecule has 0 aliphatic carbocycles. The molecular weight excluding hydrogens is 792 g/mol. The smallest absolute Gasteiger partial charge is 0.326 e. The Hall–Kier alpha value is -6.13. The van der Waals surface area contributed by atoms with Crippen LogP contribution in [-0.2, 0) is 54.4 Å². The Morgan fingerprint density at radius 1 is 0.717 bits per heavy atom. The third-order valence-corrected chi connectivity index (χ3v) is 9.88. The number of rotatable bonds is 27. The van der Waals surface area contributed by atoms with Gasteiger partial charge in [0.05, 0.1) is 12.4 Å². The van der Waals surface area contributed by atoms with Gasteiger partial charge in [-0.15, -0.1) is 0 Å². The summed E-state index contributed by atoms with van der Waals surface area (Å²) in [5.41, 5.74) is 5.69. The van der Waals surface area contributed by atoms with Crippen molar-refractivity contribution in [2.45, 2.75) is 134 Å². The standard InChI is InChI=1S/C37H58N10O13/c1-5-19(4)30(36(58)44-22(8-11-26(38)48)33(55)45-25(37(59)60)15-20-16-39-17-41-20)47-35(57)29(18(2)3)46-34(56)24(10-13-28(51)52)43-32(54)23(9-12-27(49)50)42-31(53)21-7-6-14-40-21/h16-19,21-25,29-30,40H,5-15H2,1-4H3,(H2,38,48)(H,39,41)(H,42,53)(H,43,54)(H,44,58)(H,45,55)(H,46,56)(H,47,57)(H,49,50)(H,51,52)(H,59,60)/t19-,21-,22-,23-,24-,25-,29-,30-/m0/s1. The summed E-state index contributed by atoms with van der Waals surface area (Å²) in [5.74, 6) is -11.2. The maximum absolute atomic E-state index is 13.9. The van der Waals surface area contributed by atoms with E-state index in [0.717, 1.165) is 0 Å². The Balaban J connectivity index is 2.30. The molecule has 0 unspecified atom stereocenters. The number of imidazole rings is 1. The van der Waals surface area contributed by atoms with Gasteiger partial charge in [-0.05, 0) is 50.5 Å². The van der Waals surface area contributed by atoms with Crippen LogP contribution in [0.2, 0.25) is 0 Å². The Kier molecular flexibility index (Phi) is 20.6. The number of carboxylic acid groups (broad SMARTS) is 3. The first-order valence-corrected chi connectivity index (χ1v) is 19.7. The molecule has 23 heteroatoms. The van der Waals surface area contributed by atoms with Gasteiger partial charge in [0.1, 0.15) is 36.3 Å². The van der Waals surface area contributed by atoms with Crippen LogP contribution in [0, 0.1) is 11.8 Å². The van der Waals surface area contributed by atoms with Gasteiger partial charge < -0.3 is 63.3 Å². The Bertz CT molecular complexity index is 1680. The van der Waals surface area contributed by atoms with Crippen LogP contribution < -0.4 is 43.0 Å².